The zero-order valence-electron chi connectivity index (χ0n) is 9.95. The second-order valence-corrected chi connectivity index (χ2v) is 4.02. The molecule has 4 heteroatoms. The highest BCUT2D eigenvalue weighted by molar-refractivity contribution is 5.73. The van der Waals surface area contributed by atoms with Gasteiger partial charge in [-0.1, -0.05) is 18.7 Å². The number of benzene rings is 1. The lowest BCUT2D eigenvalue weighted by molar-refractivity contribution is 0.190. The van der Waals surface area contributed by atoms with Gasteiger partial charge in [0.15, 0.2) is 0 Å². The van der Waals surface area contributed by atoms with Crippen molar-refractivity contribution in [2.45, 2.75) is 6.92 Å². The fourth-order valence-corrected chi connectivity index (χ4v) is 1.96. The van der Waals surface area contributed by atoms with Crippen LogP contribution in [0.5, 0.6) is 0 Å². The average Bonchev–Trinajstić information content (AvgIpc) is 2.33. The molecular formula is C14H13F2NO. The first-order chi connectivity index (χ1) is 8.56. The molecule has 0 aromatic heterocycles. The molecule has 0 radical (unpaired) electrons. The second-order valence-electron chi connectivity index (χ2n) is 4.02. The summed E-state index contributed by atoms with van der Waals surface area (Å²) < 4.78 is 27.6. The highest BCUT2D eigenvalue weighted by atomic mass is 19.1. The van der Waals surface area contributed by atoms with Gasteiger partial charge in [-0.3, -0.25) is 0 Å². The zero-order valence-corrected chi connectivity index (χ0v) is 9.95. The van der Waals surface area contributed by atoms with Crippen molar-refractivity contribution in [2.75, 3.05) is 6.73 Å². The summed E-state index contributed by atoms with van der Waals surface area (Å²) in [5.41, 5.74) is 1.32. The predicted molar refractivity (Wildman–Crippen MR) is 66.2 cm³/mol. The van der Waals surface area contributed by atoms with Crippen molar-refractivity contribution in [1.29, 1.82) is 0 Å². The fraction of sp³-hybridized carbons (Fsp3) is 0.143. The minimum absolute atomic E-state index is 0.144. The van der Waals surface area contributed by atoms with Gasteiger partial charge in [0.1, 0.15) is 18.4 Å². The molecule has 1 aliphatic rings. The van der Waals surface area contributed by atoms with E-state index in [1.54, 1.807) is 19.1 Å². The van der Waals surface area contributed by atoms with Gasteiger partial charge in [0.25, 0.3) is 0 Å². The van der Waals surface area contributed by atoms with Crippen LogP contribution in [0, 0.1) is 11.6 Å². The third-order valence-electron chi connectivity index (χ3n) is 2.86. The van der Waals surface area contributed by atoms with E-state index in [4.69, 9.17) is 0 Å². The van der Waals surface area contributed by atoms with Gasteiger partial charge in [0.05, 0.1) is 11.3 Å². The largest absolute Gasteiger partial charge is 0.376 e. The van der Waals surface area contributed by atoms with Crippen LogP contribution in [0.2, 0.25) is 0 Å². The third-order valence-corrected chi connectivity index (χ3v) is 2.86. The maximum absolute atomic E-state index is 13.8. The molecular weight excluding hydrogens is 236 g/mol. The van der Waals surface area contributed by atoms with E-state index in [1.807, 2.05) is 0 Å². The van der Waals surface area contributed by atoms with Gasteiger partial charge in [0.2, 0.25) is 0 Å². The first kappa shape index (κ1) is 12.5. The Morgan fingerprint density at radius 3 is 2.39 bits per heavy atom. The minimum Gasteiger partial charge on any atom is -0.376 e. The van der Waals surface area contributed by atoms with Gasteiger partial charge in [-0.25, -0.2) is 8.78 Å². The van der Waals surface area contributed by atoms with Gasteiger partial charge in [0, 0.05) is 5.70 Å². The van der Waals surface area contributed by atoms with Crippen LogP contribution in [0.15, 0.2) is 48.2 Å². The molecule has 94 valence electrons. The third kappa shape index (κ3) is 1.95. The number of aliphatic hydroxyl groups excluding tert-OH is 1. The summed E-state index contributed by atoms with van der Waals surface area (Å²) in [6.45, 7) is 5.08. The van der Waals surface area contributed by atoms with E-state index < -0.39 is 11.6 Å². The van der Waals surface area contributed by atoms with Crippen LogP contribution in [0.3, 0.4) is 0 Å². The van der Waals surface area contributed by atoms with Crippen LogP contribution in [0.25, 0.3) is 5.70 Å². The minimum atomic E-state index is -0.661. The van der Waals surface area contributed by atoms with E-state index in [0.29, 0.717) is 17.0 Å². The summed E-state index contributed by atoms with van der Waals surface area (Å²) in [6, 6.07) is 3.69. The molecule has 0 spiro atoms. The lowest BCUT2D eigenvalue weighted by Gasteiger charge is -2.30. The van der Waals surface area contributed by atoms with Crippen LogP contribution < -0.4 is 0 Å². The highest BCUT2D eigenvalue weighted by Crippen LogP contribution is 2.33. The predicted octanol–water partition coefficient (Wildman–Crippen LogP) is 3.03. The van der Waals surface area contributed by atoms with Crippen molar-refractivity contribution < 1.29 is 13.9 Å². The normalized spacial score (nSPS) is 15.6. The number of halogens is 2. The molecule has 2 rings (SSSR count). The van der Waals surface area contributed by atoms with Crippen molar-refractivity contribution in [3.63, 3.8) is 0 Å². The molecule has 1 aromatic rings. The quantitative estimate of drug-likeness (QED) is 0.870. The monoisotopic (exact) mass is 249 g/mol. The molecule has 0 bridgehead atoms. The molecule has 0 unspecified atom stereocenters. The summed E-state index contributed by atoms with van der Waals surface area (Å²) >= 11 is 0. The van der Waals surface area contributed by atoms with Gasteiger partial charge in [-0.15, -0.1) is 0 Å². The van der Waals surface area contributed by atoms with Gasteiger partial charge in [-0.05, 0) is 30.7 Å². The summed E-state index contributed by atoms with van der Waals surface area (Å²) in [7, 11) is 0. The van der Waals surface area contributed by atoms with E-state index in [0.717, 1.165) is 0 Å². The number of hydrogen-bond acceptors (Lipinski definition) is 2. The average molecular weight is 249 g/mol. The molecule has 0 fully saturated rings. The number of allylic oxidation sites excluding steroid dienone is 3. The molecule has 0 aliphatic carbocycles. The van der Waals surface area contributed by atoms with E-state index in [-0.39, 0.29) is 12.3 Å². The summed E-state index contributed by atoms with van der Waals surface area (Å²) in [6.07, 6.45) is 3.41. The van der Waals surface area contributed by atoms with Crippen LogP contribution in [-0.2, 0) is 0 Å². The standard InChI is InChI=1S/C14H13F2NO/c1-9-6-7-10(2)17(8-18)14(9)13-11(15)4-3-5-12(13)16/h3-7,18H,2,8H2,1H3. The Kier molecular flexibility index (Phi) is 3.30. The van der Waals surface area contributed by atoms with Crippen molar-refractivity contribution >= 4 is 5.70 Å². The van der Waals surface area contributed by atoms with Gasteiger partial charge in [-0.2, -0.15) is 0 Å². The number of rotatable bonds is 2. The molecule has 18 heavy (non-hydrogen) atoms. The molecule has 0 saturated carbocycles. The topological polar surface area (TPSA) is 23.5 Å². The van der Waals surface area contributed by atoms with Gasteiger partial charge >= 0.3 is 0 Å². The lowest BCUT2D eigenvalue weighted by atomic mass is 10.0. The van der Waals surface area contributed by atoms with Crippen LogP contribution in [0.1, 0.15) is 12.5 Å². The Balaban J connectivity index is 2.67. The number of nitrogens with zero attached hydrogens (tertiary/aromatic N) is 1. The Labute approximate surface area is 104 Å². The van der Waals surface area contributed by atoms with Crippen LogP contribution in [-0.4, -0.2) is 16.7 Å². The molecule has 2 nitrogen and oxygen atoms in total. The van der Waals surface area contributed by atoms with Crippen LogP contribution >= 0.6 is 0 Å². The Bertz CT molecular complexity index is 541. The summed E-state index contributed by atoms with van der Waals surface area (Å²) in [4.78, 5) is 1.37. The molecule has 1 aliphatic heterocycles. The first-order valence-corrected chi connectivity index (χ1v) is 5.47. The molecule has 0 saturated heterocycles. The van der Waals surface area contributed by atoms with Crippen molar-refractivity contribution in [3.05, 3.63) is 65.4 Å². The Morgan fingerprint density at radius 2 is 1.83 bits per heavy atom. The molecule has 1 aromatic carbocycles. The van der Waals surface area contributed by atoms with E-state index >= 15 is 0 Å². The SMILES string of the molecule is C=C1C=CC(C)=C(c2c(F)cccc2F)N1CO. The Morgan fingerprint density at radius 1 is 1.22 bits per heavy atom. The van der Waals surface area contributed by atoms with E-state index in [2.05, 4.69) is 6.58 Å². The maximum atomic E-state index is 13.8. The van der Waals surface area contributed by atoms with E-state index in [1.165, 1.54) is 23.1 Å². The summed E-state index contributed by atoms with van der Waals surface area (Å²) in [5, 5.41) is 9.34. The molecule has 0 atom stereocenters. The zero-order chi connectivity index (χ0) is 13.3. The fourth-order valence-electron chi connectivity index (χ4n) is 1.96. The first-order valence-electron chi connectivity index (χ1n) is 5.47. The second kappa shape index (κ2) is 4.74. The van der Waals surface area contributed by atoms with Gasteiger partial charge < -0.3 is 10.0 Å². The molecule has 1 heterocycles. The lowest BCUT2D eigenvalue weighted by Crippen LogP contribution is -2.25. The van der Waals surface area contributed by atoms with Crippen molar-refractivity contribution in [2.24, 2.45) is 0 Å². The number of aliphatic hydroxyl groups is 1. The maximum Gasteiger partial charge on any atom is 0.135 e. The van der Waals surface area contributed by atoms with Crippen molar-refractivity contribution in [1.82, 2.24) is 4.90 Å². The number of hydrogen-bond donors (Lipinski definition) is 1. The van der Waals surface area contributed by atoms with Crippen molar-refractivity contribution in [3.8, 4) is 0 Å². The molecule has 1 N–H and O–H groups in total. The smallest absolute Gasteiger partial charge is 0.135 e. The van der Waals surface area contributed by atoms with Crippen LogP contribution in [0.4, 0.5) is 8.78 Å². The van der Waals surface area contributed by atoms with E-state index in [9.17, 15) is 13.9 Å². The summed E-state index contributed by atoms with van der Waals surface area (Å²) in [5.74, 6) is -1.32. The molecule has 0 amide bonds. The Hall–Kier alpha value is -1.94. The highest BCUT2D eigenvalue weighted by Gasteiger charge is 2.23.